The second kappa shape index (κ2) is 9.46. The first kappa shape index (κ1) is 19.3. The molecule has 0 spiro atoms. The first-order valence-electron chi connectivity index (χ1n) is 8.47. The number of amides is 1. The third-order valence-electron chi connectivity index (χ3n) is 3.54. The Morgan fingerprint density at radius 1 is 1.27 bits per heavy atom. The van der Waals surface area contributed by atoms with Crippen molar-refractivity contribution in [2.75, 3.05) is 38.0 Å². The number of nitrogens with zero attached hydrogens (tertiary/aromatic N) is 2. The van der Waals surface area contributed by atoms with Crippen LogP contribution in [0.4, 0.5) is 11.5 Å². The van der Waals surface area contributed by atoms with E-state index in [1.54, 1.807) is 25.4 Å². The van der Waals surface area contributed by atoms with Crippen molar-refractivity contribution >= 4 is 23.5 Å². The van der Waals surface area contributed by atoms with E-state index in [-0.39, 0.29) is 5.91 Å². The summed E-state index contributed by atoms with van der Waals surface area (Å²) in [7, 11) is 5.35. The van der Waals surface area contributed by atoms with Crippen molar-refractivity contribution in [3.05, 3.63) is 48.2 Å². The minimum absolute atomic E-state index is 0.230. The third-order valence-corrected chi connectivity index (χ3v) is 3.54. The Kier molecular flexibility index (Phi) is 7.02. The van der Waals surface area contributed by atoms with Crippen LogP contribution in [0.5, 0.6) is 11.5 Å². The van der Waals surface area contributed by atoms with E-state index in [1.807, 2.05) is 50.2 Å². The number of aromatic nitrogens is 1. The highest BCUT2D eigenvalue weighted by atomic mass is 16.5. The molecule has 1 aromatic carbocycles. The summed E-state index contributed by atoms with van der Waals surface area (Å²) in [5.41, 5.74) is 1.51. The number of methoxy groups -OCH3 is 1. The predicted octanol–water partition coefficient (Wildman–Crippen LogP) is 3.60. The van der Waals surface area contributed by atoms with Gasteiger partial charge in [0.15, 0.2) is 17.3 Å². The number of anilines is 2. The molecule has 0 aliphatic rings. The fourth-order valence-electron chi connectivity index (χ4n) is 2.32. The quantitative estimate of drug-likeness (QED) is 0.733. The van der Waals surface area contributed by atoms with Gasteiger partial charge in [0.05, 0.1) is 19.4 Å². The molecule has 1 heterocycles. The van der Waals surface area contributed by atoms with Crippen LogP contribution in [-0.4, -0.2) is 38.7 Å². The molecule has 2 aromatic rings. The van der Waals surface area contributed by atoms with Crippen LogP contribution in [0, 0.1) is 0 Å². The molecule has 0 unspecified atom stereocenters. The molecule has 0 atom stereocenters. The van der Waals surface area contributed by atoms with Crippen LogP contribution in [0.2, 0.25) is 0 Å². The number of carbonyl (C=O) groups excluding carboxylic acids is 1. The summed E-state index contributed by atoms with van der Waals surface area (Å²) in [6, 6.07) is 9.16. The van der Waals surface area contributed by atoms with Gasteiger partial charge < -0.3 is 19.7 Å². The van der Waals surface area contributed by atoms with Crippen molar-refractivity contribution in [2.45, 2.75) is 13.3 Å². The van der Waals surface area contributed by atoms with Crippen LogP contribution in [0.15, 0.2) is 42.6 Å². The zero-order valence-corrected chi connectivity index (χ0v) is 15.7. The lowest BCUT2D eigenvalue weighted by Gasteiger charge is -2.15. The van der Waals surface area contributed by atoms with Gasteiger partial charge >= 0.3 is 0 Å². The first-order chi connectivity index (χ1) is 12.5. The van der Waals surface area contributed by atoms with Gasteiger partial charge in [0.2, 0.25) is 5.91 Å². The Labute approximate surface area is 154 Å². The minimum Gasteiger partial charge on any atom is -0.493 e. The fourth-order valence-corrected chi connectivity index (χ4v) is 2.32. The topological polar surface area (TPSA) is 63.7 Å². The van der Waals surface area contributed by atoms with Gasteiger partial charge in [-0.15, -0.1) is 0 Å². The third kappa shape index (κ3) is 5.24. The summed E-state index contributed by atoms with van der Waals surface area (Å²) in [6.45, 7) is 2.68. The lowest BCUT2D eigenvalue weighted by Crippen LogP contribution is -2.16. The molecule has 2 rings (SSSR count). The molecule has 1 N–H and O–H groups in total. The van der Waals surface area contributed by atoms with Crippen molar-refractivity contribution in [1.29, 1.82) is 0 Å². The number of benzene rings is 1. The van der Waals surface area contributed by atoms with Gasteiger partial charge in [-0.2, -0.15) is 0 Å². The largest absolute Gasteiger partial charge is 0.493 e. The Balaban J connectivity index is 2.08. The molecular weight excluding hydrogens is 330 g/mol. The summed E-state index contributed by atoms with van der Waals surface area (Å²) in [5, 5.41) is 2.84. The van der Waals surface area contributed by atoms with Crippen LogP contribution in [0.3, 0.4) is 0 Å². The van der Waals surface area contributed by atoms with E-state index < -0.39 is 0 Å². The molecule has 0 fully saturated rings. The average Bonchev–Trinajstić information content (AvgIpc) is 2.65. The SMILES string of the molecule is CCCOc1ccc(/C=C/C(=O)Nc2cccnc2N(C)C)cc1OC. The molecule has 6 heteroatoms. The molecule has 1 amide bonds. The Morgan fingerprint density at radius 3 is 2.77 bits per heavy atom. The molecule has 0 aliphatic carbocycles. The summed E-state index contributed by atoms with van der Waals surface area (Å²) in [4.78, 5) is 18.3. The van der Waals surface area contributed by atoms with Gasteiger partial charge in [0, 0.05) is 26.4 Å². The van der Waals surface area contributed by atoms with E-state index >= 15 is 0 Å². The number of ether oxygens (including phenoxy) is 2. The average molecular weight is 355 g/mol. The maximum Gasteiger partial charge on any atom is 0.248 e. The van der Waals surface area contributed by atoms with Gasteiger partial charge in [0.25, 0.3) is 0 Å². The molecule has 0 saturated carbocycles. The van der Waals surface area contributed by atoms with E-state index in [1.165, 1.54) is 6.08 Å². The molecular formula is C20H25N3O3. The normalized spacial score (nSPS) is 10.6. The zero-order valence-electron chi connectivity index (χ0n) is 15.7. The molecule has 6 nitrogen and oxygen atoms in total. The first-order valence-corrected chi connectivity index (χ1v) is 8.47. The Bertz CT molecular complexity index is 773. The van der Waals surface area contributed by atoms with Crippen molar-refractivity contribution in [3.63, 3.8) is 0 Å². The van der Waals surface area contributed by atoms with Crippen molar-refractivity contribution in [2.24, 2.45) is 0 Å². The summed E-state index contributed by atoms with van der Waals surface area (Å²) in [5.74, 6) is 1.81. The van der Waals surface area contributed by atoms with Crippen LogP contribution in [0.1, 0.15) is 18.9 Å². The van der Waals surface area contributed by atoms with Gasteiger partial charge in [-0.3, -0.25) is 4.79 Å². The van der Waals surface area contributed by atoms with Crippen molar-refractivity contribution in [1.82, 2.24) is 4.98 Å². The summed E-state index contributed by atoms with van der Waals surface area (Å²) >= 11 is 0. The van der Waals surface area contributed by atoms with Crippen molar-refractivity contribution in [3.8, 4) is 11.5 Å². The maximum absolute atomic E-state index is 12.2. The predicted molar refractivity (Wildman–Crippen MR) is 105 cm³/mol. The zero-order chi connectivity index (χ0) is 18.9. The molecule has 138 valence electrons. The highest BCUT2D eigenvalue weighted by Crippen LogP contribution is 2.28. The van der Waals surface area contributed by atoms with Crippen LogP contribution in [-0.2, 0) is 4.79 Å². The lowest BCUT2D eigenvalue weighted by molar-refractivity contribution is -0.111. The Hall–Kier alpha value is -3.02. The van der Waals surface area contributed by atoms with Gasteiger partial charge in [0.1, 0.15) is 0 Å². The highest BCUT2D eigenvalue weighted by Gasteiger charge is 2.08. The fraction of sp³-hybridized carbons (Fsp3) is 0.300. The summed E-state index contributed by atoms with van der Waals surface area (Å²) < 4.78 is 11.0. The molecule has 1 aromatic heterocycles. The molecule has 0 aliphatic heterocycles. The lowest BCUT2D eigenvalue weighted by atomic mass is 10.2. The van der Waals surface area contributed by atoms with Crippen molar-refractivity contribution < 1.29 is 14.3 Å². The van der Waals surface area contributed by atoms with E-state index in [0.717, 1.165) is 12.0 Å². The van der Waals surface area contributed by atoms with Crippen LogP contribution < -0.4 is 19.7 Å². The van der Waals surface area contributed by atoms with E-state index in [9.17, 15) is 4.79 Å². The second-order valence-corrected chi connectivity index (χ2v) is 5.85. The van der Waals surface area contributed by atoms with Crippen LogP contribution in [0.25, 0.3) is 6.08 Å². The monoisotopic (exact) mass is 355 g/mol. The van der Waals surface area contributed by atoms with Gasteiger partial charge in [-0.25, -0.2) is 4.98 Å². The number of carbonyl (C=O) groups is 1. The van der Waals surface area contributed by atoms with Gasteiger partial charge in [-0.05, 0) is 42.3 Å². The van der Waals surface area contributed by atoms with Crippen LogP contribution >= 0.6 is 0 Å². The number of hydrogen-bond acceptors (Lipinski definition) is 5. The smallest absolute Gasteiger partial charge is 0.248 e. The standard InChI is InChI=1S/C20H25N3O3/c1-5-13-26-17-10-8-15(14-18(17)25-4)9-11-19(24)22-16-7-6-12-21-20(16)23(2)3/h6-12,14H,5,13H2,1-4H3,(H,22,24)/b11-9+. The minimum atomic E-state index is -0.230. The van der Waals surface area contributed by atoms with Gasteiger partial charge in [-0.1, -0.05) is 13.0 Å². The summed E-state index contributed by atoms with van der Waals surface area (Å²) in [6.07, 6.45) is 5.82. The number of hydrogen-bond donors (Lipinski definition) is 1. The second-order valence-electron chi connectivity index (χ2n) is 5.85. The van der Waals surface area contributed by atoms with E-state index in [4.69, 9.17) is 9.47 Å². The molecule has 26 heavy (non-hydrogen) atoms. The molecule has 0 radical (unpaired) electrons. The number of nitrogens with one attached hydrogen (secondary N) is 1. The number of rotatable bonds is 8. The Morgan fingerprint density at radius 2 is 2.08 bits per heavy atom. The van der Waals surface area contributed by atoms with E-state index in [0.29, 0.717) is 29.6 Å². The number of pyridine rings is 1. The molecule has 0 bridgehead atoms. The van der Waals surface area contributed by atoms with E-state index in [2.05, 4.69) is 10.3 Å². The maximum atomic E-state index is 12.2. The highest BCUT2D eigenvalue weighted by molar-refractivity contribution is 6.03. The molecule has 0 saturated heterocycles.